The normalized spacial score (nSPS) is 50.4. The molecule has 11 atom stereocenters. The molecule has 0 amide bonds. The van der Waals surface area contributed by atoms with Crippen molar-refractivity contribution < 1.29 is 0 Å². The summed E-state index contributed by atoms with van der Waals surface area (Å²) >= 11 is 0. The van der Waals surface area contributed by atoms with Gasteiger partial charge in [-0.2, -0.15) is 0 Å². The molecule has 6 aliphatic carbocycles. The molecule has 11 unspecified atom stereocenters. The van der Waals surface area contributed by atoms with Crippen molar-refractivity contribution >= 4 is 8.07 Å². The lowest BCUT2D eigenvalue weighted by Gasteiger charge is -2.59. The number of fused-ring (bicyclic) bond motifs is 4. The third kappa shape index (κ3) is 4.22. The van der Waals surface area contributed by atoms with E-state index in [-0.39, 0.29) is 0 Å². The van der Waals surface area contributed by atoms with Crippen LogP contribution < -0.4 is 0 Å². The minimum absolute atomic E-state index is 0.559. The molecule has 218 valence electrons. The molecule has 0 spiro atoms. The van der Waals surface area contributed by atoms with Crippen molar-refractivity contribution in [1.82, 2.24) is 0 Å². The molecule has 0 aromatic carbocycles. The minimum Gasteiger partial charge on any atom is -0.0689 e. The quantitative estimate of drug-likeness (QED) is 0.307. The van der Waals surface area contributed by atoms with Gasteiger partial charge in [-0.15, -0.1) is 0 Å². The Bertz CT molecular complexity index is 906. The van der Waals surface area contributed by atoms with Crippen LogP contribution in [0, 0.1) is 74.9 Å². The monoisotopic (exact) mass is 538 g/mol. The highest BCUT2D eigenvalue weighted by Gasteiger charge is 2.62. The first-order valence-electron chi connectivity index (χ1n) is 17.5. The first-order chi connectivity index (χ1) is 17.5. The molecule has 0 radical (unpaired) electrons. The van der Waals surface area contributed by atoms with Crippen molar-refractivity contribution in [3.63, 3.8) is 0 Å². The Morgan fingerprint density at radius 1 is 0.500 bits per heavy atom. The maximum absolute atomic E-state index is 2.94. The molecule has 0 saturated heterocycles. The summed E-state index contributed by atoms with van der Waals surface area (Å²) in [6, 6.07) is 0. The van der Waals surface area contributed by atoms with Crippen molar-refractivity contribution in [3.8, 4) is 0 Å². The van der Waals surface area contributed by atoms with E-state index in [1.54, 1.807) is 44.9 Å². The lowest BCUT2D eigenvalue weighted by atomic mass is 9.48. The second-order valence-electron chi connectivity index (χ2n) is 19.9. The fraction of sp³-hybridized carbons (Fsp3) is 1.00. The van der Waals surface area contributed by atoms with Crippen molar-refractivity contribution in [2.75, 3.05) is 0 Å². The number of hydrogen-bond donors (Lipinski definition) is 0. The molecule has 0 N–H and O–H groups in total. The predicted octanol–water partition coefficient (Wildman–Crippen LogP) is 11.5. The van der Waals surface area contributed by atoms with Gasteiger partial charge in [-0.1, -0.05) is 88.2 Å². The molecule has 38 heavy (non-hydrogen) atoms. The Morgan fingerprint density at radius 2 is 0.921 bits per heavy atom. The molecule has 0 bridgehead atoms. The van der Waals surface area contributed by atoms with Crippen LogP contribution in [0.25, 0.3) is 0 Å². The first kappa shape index (κ1) is 28.3. The highest BCUT2D eigenvalue weighted by molar-refractivity contribution is 6.80. The molecule has 6 aliphatic rings. The Labute approximate surface area is 239 Å². The molecule has 0 aromatic rings. The van der Waals surface area contributed by atoms with Crippen molar-refractivity contribution in [1.29, 1.82) is 0 Å². The van der Waals surface area contributed by atoms with E-state index in [1.165, 1.54) is 25.7 Å². The van der Waals surface area contributed by atoms with Gasteiger partial charge in [0, 0.05) is 0 Å². The van der Waals surface area contributed by atoms with Crippen LogP contribution in [-0.4, -0.2) is 8.07 Å². The standard InChI is InChI=1S/C37H66Si/c1-23-18-25-20-29-31(37(8,9)17-15-35(29,4)5)22-27(25)33(23)38(10,11)32-13-12-24-19-28-30(21-26(24)32)36(6,7)16-14-34(28,2)3/h23-33H,12-22H2,1-11H3. The van der Waals surface area contributed by atoms with Gasteiger partial charge in [-0.25, -0.2) is 0 Å². The van der Waals surface area contributed by atoms with Gasteiger partial charge in [0.05, 0.1) is 8.07 Å². The van der Waals surface area contributed by atoms with Gasteiger partial charge in [0.25, 0.3) is 0 Å². The summed E-state index contributed by atoms with van der Waals surface area (Å²) in [5.74, 6) is 9.13. The highest BCUT2D eigenvalue weighted by atomic mass is 28.3. The van der Waals surface area contributed by atoms with Gasteiger partial charge in [0.2, 0.25) is 0 Å². The van der Waals surface area contributed by atoms with Gasteiger partial charge in [-0.3, -0.25) is 0 Å². The first-order valence-corrected chi connectivity index (χ1v) is 20.6. The van der Waals surface area contributed by atoms with Crippen LogP contribution in [0.15, 0.2) is 0 Å². The largest absolute Gasteiger partial charge is 0.0689 e. The van der Waals surface area contributed by atoms with E-state index >= 15 is 0 Å². The van der Waals surface area contributed by atoms with Crippen molar-refractivity contribution in [3.05, 3.63) is 0 Å². The van der Waals surface area contributed by atoms with E-state index in [0.29, 0.717) is 21.7 Å². The van der Waals surface area contributed by atoms with Gasteiger partial charge in [-0.05, 0) is 144 Å². The third-order valence-electron chi connectivity index (χ3n) is 16.1. The van der Waals surface area contributed by atoms with Crippen LogP contribution in [0.3, 0.4) is 0 Å². The average molecular weight is 539 g/mol. The van der Waals surface area contributed by atoms with Gasteiger partial charge < -0.3 is 0 Å². The summed E-state index contributed by atoms with van der Waals surface area (Å²) < 4.78 is 0. The van der Waals surface area contributed by atoms with Crippen molar-refractivity contribution in [2.24, 2.45) is 74.9 Å². The molecule has 1 heteroatoms. The Kier molecular flexibility index (Phi) is 6.61. The lowest BCUT2D eigenvalue weighted by molar-refractivity contribution is -0.0737. The number of rotatable bonds is 2. The van der Waals surface area contributed by atoms with Crippen LogP contribution in [0.1, 0.15) is 133 Å². The molecule has 6 rings (SSSR count). The second-order valence-corrected chi connectivity index (χ2v) is 25.0. The van der Waals surface area contributed by atoms with Crippen molar-refractivity contribution in [2.45, 2.75) is 157 Å². The molecule has 6 saturated carbocycles. The van der Waals surface area contributed by atoms with E-state index in [4.69, 9.17) is 0 Å². The summed E-state index contributed by atoms with van der Waals surface area (Å²) in [6.07, 6.45) is 16.9. The molecule has 0 heterocycles. The smallest absolute Gasteiger partial charge is 0.0544 e. The molecular formula is C37H66Si. The summed E-state index contributed by atoms with van der Waals surface area (Å²) in [7, 11) is -1.39. The zero-order chi connectivity index (χ0) is 27.6. The predicted molar refractivity (Wildman–Crippen MR) is 168 cm³/mol. The molecule has 0 aliphatic heterocycles. The van der Waals surface area contributed by atoms with E-state index in [1.807, 2.05) is 0 Å². The Morgan fingerprint density at radius 3 is 1.42 bits per heavy atom. The summed E-state index contributed by atoms with van der Waals surface area (Å²) in [5.41, 5.74) is 4.46. The Balaban J connectivity index is 1.26. The average Bonchev–Trinajstić information content (AvgIpc) is 3.39. The maximum atomic E-state index is 2.94. The number of hydrogen-bond acceptors (Lipinski definition) is 0. The van der Waals surface area contributed by atoms with E-state index in [9.17, 15) is 0 Å². The zero-order valence-corrected chi connectivity index (χ0v) is 28.6. The molecular weight excluding hydrogens is 472 g/mol. The summed E-state index contributed by atoms with van der Waals surface area (Å²) in [6.45, 7) is 29.8. The summed E-state index contributed by atoms with van der Waals surface area (Å²) in [4.78, 5) is 0. The van der Waals surface area contributed by atoms with Gasteiger partial charge >= 0.3 is 0 Å². The SMILES string of the molecule is CC1CC2CC3C(CC2C1[Si](C)(C)C1CCC2CC4C(CC21)C(C)(C)CCC4(C)C)C(C)(C)CCC3(C)C. The second kappa shape index (κ2) is 8.86. The zero-order valence-electron chi connectivity index (χ0n) is 27.6. The van der Waals surface area contributed by atoms with Crippen LogP contribution in [0.5, 0.6) is 0 Å². The topological polar surface area (TPSA) is 0 Å². The third-order valence-corrected chi connectivity index (χ3v) is 21.5. The van der Waals surface area contributed by atoms with Crippen LogP contribution in [-0.2, 0) is 0 Å². The van der Waals surface area contributed by atoms with E-state index < -0.39 is 8.07 Å². The van der Waals surface area contributed by atoms with E-state index in [0.717, 1.165) is 64.3 Å². The Hall–Kier alpha value is 0.217. The van der Waals surface area contributed by atoms with E-state index in [2.05, 4.69) is 75.4 Å². The molecule has 0 nitrogen and oxygen atoms in total. The fourth-order valence-electron chi connectivity index (χ4n) is 13.8. The maximum Gasteiger partial charge on any atom is 0.0544 e. The molecule has 0 aromatic heterocycles. The van der Waals surface area contributed by atoms with Gasteiger partial charge in [0.15, 0.2) is 0 Å². The minimum atomic E-state index is -1.39. The van der Waals surface area contributed by atoms with Crippen LogP contribution in [0.2, 0.25) is 24.2 Å². The lowest BCUT2D eigenvalue weighted by Crippen LogP contribution is -2.52. The molecule has 6 fully saturated rings. The fourth-order valence-corrected chi connectivity index (χ4v) is 19.8. The highest BCUT2D eigenvalue weighted by Crippen LogP contribution is 2.70. The van der Waals surface area contributed by atoms with Crippen LogP contribution >= 0.6 is 0 Å². The summed E-state index contributed by atoms with van der Waals surface area (Å²) in [5, 5.41) is 0. The van der Waals surface area contributed by atoms with Gasteiger partial charge in [0.1, 0.15) is 0 Å². The van der Waals surface area contributed by atoms with Crippen LogP contribution in [0.4, 0.5) is 0 Å².